The number of hydrogen-bond acceptors (Lipinski definition) is 6. The van der Waals surface area contributed by atoms with Crippen LogP contribution in [0.4, 0.5) is 5.69 Å². The number of aryl methyl sites for hydroxylation is 3. The summed E-state index contributed by atoms with van der Waals surface area (Å²) in [5.41, 5.74) is 3.20. The average molecular weight is 426 g/mol. The Bertz CT molecular complexity index is 1210. The first-order chi connectivity index (χ1) is 14.3. The molecule has 0 spiro atoms. The maximum Gasteiger partial charge on any atom is 0.266 e. The summed E-state index contributed by atoms with van der Waals surface area (Å²) >= 11 is 1.21. The molecule has 2 amide bonds. The molecule has 0 radical (unpaired) electrons. The molecule has 1 fully saturated rings. The van der Waals surface area contributed by atoms with E-state index in [9.17, 15) is 14.4 Å². The molecule has 4 rings (SSSR count). The normalized spacial score (nSPS) is 14.7. The summed E-state index contributed by atoms with van der Waals surface area (Å²) in [6.07, 6.45) is 0. The van der Waals surface area contributed by atoms with E-state index >= 15 is 0 Å². The largest absolute Gasteiger partial charge is 0.354 e. The van der Waals surface area contributed by atoms with Gasteiger partial charge in [0.15, 0.2) is 0 Å². The number of H-pyrrole nitrogens is 1. The molecule has 1 aliphatic heterocycles. The van der Waals surface area contributed by atoms with Crippen molar-refractivity contribution in [1.82, 2.24) is 20.2 Å². The molecule has 3 aromatic rings. The second-order valence-electron chi connectivity index (χ2n) is 7.58. The molecule has 1 saturated heterocycles. The molecule has 0 atom stereocenters. The molecule has 156 valence electrons. The number of fused-ring (bicyclic) bond motifs is 1. The van der Waals surface area contributed by atoms with Gasteiger partial charge in [0.25, 0.3) is 11.5 Å². The zero-order chi connectivity index (χ0) is 21.4. The van der Waals surface area contributed by atoms with Crippen LogP contribution in [0.2, 0.25) is 0 Å². The quantitative estimate of drug-likeness (QED) is 0.593. The Kier molecular flexibility index (Phi) is 5.40. The Morgan fingerprint density at radius 2 is 2.07 bits per heavy atom. The number of hydrogen-bond donors (Lipinski definition) is 3. The molecule has 3 N–H and O–H groups in total. The van der Waals surface area contributed by atoms with E-state index in [1.165, 1.54) is 11.3 Å². The van der Waals surface area contributed by atoms with Crippen LogP contribution < -0.4 is 16.2 Å². The highest BCUT2D eigenvalue weighted by Gasteiger charge is 2.22. The van der Waals surface area contributed by atoms with Gasteiger partial charge in [0.05, 0.1) is 23.4 Å². The van der Waals surface area contributed by atoms with Crippen LogP contribution in [0.5, 0.6) is 0 Å². The van der Waals surface area contributed by atoms with E-state index < -0.39 is 0 Å². The summed E-state index contributed by atoms with van der Waals surface area (Å²) in [5, 5.41) is 6.15. The van der Waals surface area contributed by atoms with E-state index in [1.54, 1.807) is 6.92 Å². The maximum atomic E-state index is 12.9. The van der Waals surface area contributed by atoms with Gasteiger partial charge in [-0.2, -0.15) is 0 Å². The van der Waals surface area contributed by atoms with Crippen molar-refractivity contribution in [1.29, 1.82) is 0 Å². The van der Waals surface area contributed by atoms with Crippen molar-refractivity contribution in [2.45, 2.75) is 27.3 Å². The number of anilines is 1. The summed E-state index contributed by atoms with van der Waals surface area (Å²) in [6, 6.07) is 5.83. The minimum atomic E-state index is -0.268. The van der Waals surface area contributed by atoms with Crippen LogP contribution in [0.15, 0.2) is 23.0 Å². The number of carbonyl (C=O) groups is 2. The molecule has 3 heterocycles. The van der Waals surface area contributed by atoms with Gasteiger partial charge in [0.2, 0.25) is 5.91 Å². The molecule has 9 heteroatoms. The molecule has 1 aromatic carbocycles. The molecule has 0 unspecified atom stereocenters. The van der Waals surface area contributed by atoms with Gasteiger partial charge >= 0.3 is 0 Å². The topological polar surface area (TPSA) is 107 Å². The zero-order valence-electron chi connectivity index (χ0n) is 17.1. The summed E-state index contributed by atoms with van der Waals surface area (Å²) < 4.78 is 0. The fourth-order valence-electron chi connectivity index (χ4n) is 3.65. The Morgan fingerprint density at radius 1 is 1.27 bits per heavy atom. The standard InChI is InChI=1S/C21H23N5O3S/c1-11-4-5-14(12(2)8-11)23-20(29)18-13(3)17-19(28)24-15(25-21(17)30-18)9-26-7-6-22-16(27)10-26/h4-5,8H,6-7,9-10H2,1-3H3,(H,22,27)(H,23,29)(H,24,25,28). The fraction of sp³-hybridized carbons (Fsp3) is 0.333. The summed E-state index contributed by atoms with van der Waals surface area (Å²) in [4.78, 5) is 47.5. The first-order valence-corrected chi connectivity index (χ1v) is 10.5. The number of aromatic nitrogens is 2. The molecule has 8 nitrogen and oxygen atoms in total. The van der Waals surface area contributed by atoms with Gasteiger partial charge in [-0.15, -0.1) is 11.3 Å². The zero-order valence-corrected chi connectivity index (χ0v) is 17.9. The van der Waals surface area contributed by atoms with Crippen molar-refractivity contribution in [3.05, 3.63) is 55.9 Å². The van der Waals surface area contributed by atoms with Gasteiger partial charge in [-0.3, -0.25) is 19.3 Å². The monoisotopic (exact) mass is 425 g/mol. The first kappa shape index (κ1) is 20.2. The number of rotatable bonds is 4. The molecular formula is C21H23N5O3S. The van der Waals surface area contributed by atoms with Crippen LogP contribution in [-0.4, -0.2) is 46.3 Å². The predicted octanol–water partition coefficient (Wildman–Crippen LogP) is 2.09. The van der Waals surface area contributed by atoms with Crippen LogP contribution >= 0.6 is 11.3 Å². The van der Waals surface area contributed by atoms with E-state index in [4.69, 9.17) is 0 Å². The lowest BCUT2D eigenvalue weighted by Crippen LogP contribution is -2.47. The third-order valence-electron chi connectivity index (χ3n) is 5.18. The second-order valence-corrected chi connectivity index (χ2v) is 8.58. The number of benzene rings is 1. The number of nitrogens with zero attached hydrogens (tertiary/aromatic N) is 2. The van der Waals surface area contributed by atoms with Crippen molar-refractivity contribution in [3.63, 3.8) is 0 Å². The fourth-order valence-corrected chi connectivity index (χ4v) is 4.75. The van der Waals surface area contributed by atoms with Gasteiger partial charge in [-0.1, -0.05) is 17.7 Å². The van der Waals surface area contributed by atoms with Crippen molar-refractivity contribution in [2.75, 3.05) is 25.0 Å². The predicted molar refractivity (Wildman–Crippen MR) is 117 cm³/mol. The Hall–Kier alpha value is -3.04. The van der Waals surface area contributed by atoms with Crippen LogP contribution in [0.3, 0.4) is 0 Å². The van der Waals surface area contributed by atoms with Crippen LogP contribution in [0.1, 0.15) is 32.2 Å². The Labute approximate surface area is 177 Å². The number of nitrogens with one attached hydrogen (secondary N) is 3. The molecule has 1 aliphatic rings. The molecule has 0 saturated carbocycles. The lowest BCUT2D eigenvalue weighted by molar-refractivity contribution is -0.124. The molecular weight excluding hydrogens is 402 g/mol. The van der Waals surface area contributed by atoms with Crippen molar-refractivity contribution < 1.29 is 9.59 Å². The summed E-state index contributed by atoms with van der Waals surface area (Å²) in [6.45, 7) is 7.63. The Morgan fingerprint density at radius 3 is 2.80 bits per heavy atom. The van der Waals surface area contributed by atoms with Crippen LogP contribution in [0, 0.1) is 20.8 Å². The molecule has 0 aliphatic carbocycles. The highest BCUT2D eigenvalue weighted by molar-refractivity contribution is 7.20. The van der Waals surface area contributed by atoms with E-state index in [2.05, 4.69) is 20.6 Å². The number of piperazine rings is 1. The summed E-state index contributed by atoms with van der Waals surface area (Å²) in [5.74, 6) is 0.197. The number of thiophene rings is 1. The second kappa shape index (κ2) is 8.00. The van der Waals surface area contributed by atoms with E-state index in [1.807, 2.05) is 36.9 Å². The molecule has 30 heavy (non-hydrogen) atoms. The van der Waals surface area contributed by atoms with E-state index in [-0.39, 0.29) is 23.9 Å². The maximum absolute atomic E-state index is 12.9. The summed E-state index contributed by atoms with van der Waals surface area (Å²) in [7, 11) is 0. The first-order valence-electron chi connectivity index (χ1n) is 9.72. The van der Waals surface area contributed by atoms with Crippen molar-refractivity contribution in [2.24, 2.45) is 0 Å². The van der Waals surface area contributed by atoms with E-state index in [0.29, 0.717) is 46.1 Å². The van der Waals surface area contributed by atoms with Crippen LogP contribution in [-0.2, 0) is 11.3 Å². The van der Waals surface area contributed by atoms with Gasteiger partial charge in [-0.05, 0) is 38.0 Å². The lowest BCUT2D eigenvalue weighted by Gasteiger charge is -2.25. The van der Waals surface area contributed by atoms with Gasteiger partial charge in [-0.25, -0.2) is 4.98 Å². The van der Waals surface area contributed by atoms with Crippen LogP contribution in [0.25, 0.3) is 10.2 Å². The minimum Gasteiger partial charge on any atom is -0.354 e. The number of aromatic amines is 1. The smallest absolute Gasteiger partial charge is 0.266 e. The molecule has 2 aromatic heterocycles. The number of amides is 2. The van der Waals surface area contributed by atoms with Crippen molar-refractivity contribution >= 4 is 39.1 Å². The van der Waals surface area contributed by atoms with E-state index in [0.717, 1.165) is 16.8 Å². The Balaban J connectivity index is 1.62. The molecule has 0 bridgehead atoms. The van der Waals surface area contributed by atoms with Gasteiger partial charge < -0.3 is 15.6 Å². The van der Waals surface area contributed by atoms with Crippen molar-refractivity contribution in [3.8, 4) is 0 Å². The van der Waals surface area contributed by atoms with Gasteiger partial charge in [0, 0.05) is 18.8 Å². The SMILES string of the molecule is Cc1ccc(NC(=O)c2sc3nc(CN4CCNC(=O)C4)[nH]c(=O)c3c2C)c(C)c1. The number of carbonyl (C=O) groups excluding carboxylic acids is 2. The third kappa shape index (κ3) is 3.99. The average Bonchev–Trinajstić information content (AvgIpc) is 3.01. The third-order valence-corrected chi connectivity index (χ3v) is 6.36. The highest BCUT2D eigenvalue weighted by Crippen LogP contribution is 2.28. The lowest BCUT2D eigenvalue weighted by atomic mass is 10.1. The van der Waals surface area contributed by atoms with Gasteiger partial charge in [0.1, 0.15) is 10.7 Å². The highest BCUT2D eigenvalue weighted by atomic mass is 32.1. The minimum absolute atomic E-state index is 0.0398.